The summed E-state index contributed by atoms with van der Waals surface area (Å²) in [6, 6.07) is 12.8. The van der Waals surface area contributed by atoms with Crippen molar-refractivity contribution in [3.8, 4) is 5.69 Å². The first kappa shape index (κ1) is 17.1. The molecule has 4 rings (SSSR count). The van der Waals surface area contributed by atoms with Crippen LogP contribution >= 0.6 is 0 Å². The van der Waals surface area contributed by atoms with Gasteiger partial charge in [-0.05, 0) is 42.5 Å². The zero-order valence-electron chi connectivity index (χ0n) is 14.3. The van der Waals surface area contributed by atoms with Crippen LogP contribution in [0.1, 0.15) is 20.7 Å². The Morgan fingerprint density at radius 3 is 2.57 bits per heavy atom. The van der Waals surface area contributed by atoms with Gasteiger partial charge < -0.3 is 16.2 Å². The van der Waals surface area contributed by atoms with E-state index in [0.717, 1.165) is 0 Å². The van der Waals surface area contributed by atoms with Crippen LogP contribution in [0.4, 0.5) is 11.6 Å². The molecule has 0 unspecified atom stereocenters. The normalized spacial score (nSPS) is 10.7. The van der Waals surface area contributed by atoms with Crippen molar-refractivity contribution >= 4 is 34.7 Å². The van der Waals surface area contributed by atoms with Crippen molar-refractivity contribution in [3.63, 3.8) is 0 Å². The number of nitrogens with two attached hydrogens (primary N) is 1. The molecule has 0 saturated heterocycles. The number of primary amides is 1. The summed E-state index contributed by atoms with van der Waals surface area (Å²) in [7, 11) is 0. The van der Waals surface area contributed by atoms with Crippen LogP contribution in [-0.2, 0) is 0 Å². The molecule has 2 aromatic heterocycles. The van der Waals surface area contributed by atoms with Crippen LogP contribution in [0.2, 0.25) is 0 Å². The highest BCUT2D eigenvalue weighted by Gasteiger charge is 2.12. The molecule has 0 aliphatic rings. The summed E-state index contributed by atoms with van der Waals surface area (Å²) < 4.78 is 1.47. The first-order valence-electron chi connectivity index (χ1n) is 8.10. The number of fused-ring (bicyclic) bond motifs is 1. The number of carboxylic acids is 1. The average molecular weight is 375 g/mol. The minimum Gasteiger partial charge on any atom is -0.478 e. The van der Waals surface area contributed by atoms with E-state index < -0.39 is 11.9 Å². The minimum atomic E-state index is -1.00. The van der Waals surface area contributed by atoms with E-state index in [2.05, 4.69) is 25.6 Å². The molecule has 0 aliphatic heterocycles. The highest BCUT2D eigenvalue weighted by atomic mass is 16.4. The molecule has 0 fully saturated rings. The molecule has 0 atom stereocenters. The molecule has 10 nitrogen and oxygen atoms in total. The first-order valence-corrected chi connectivity index (χ1v) is 8.10. The van der Waals surface area contributed by atoms with Gasteiger partial charge in [0.1, 0.15) is 0 Å². The number of hydrogen-bond acceptors (Lipinski definition) is 7. The van der Waals surface area contributed by atoms with E-state index in [1.807, 2.05) is 0 Å². The van der Waals surface area contributed by atoms with Crippen molar-refractivity contribution in [1.82, 2.24) is 25.0 Å². The number of anilines is 2. The number of hydrogen-bond donors (Lipinski definition) is 3. The van der Waals surface area contributed by atoms with E-state index in [9.17, 15) is 9.59 Å². The van der Waals surface area contributed by atoms with Gasteiger partial charge in [0.25, 0.3) is 0 Å². The summed E-state index contributed by atoms with van der Waals surface area (Å²) in [5.41, 5.74) is 7.95. The number of aromatic carboxylic acids is 1. The summed E-state index contributed by atoms with van der Waals surface area (Å²) in [6.07, 6.45) is 1.51. The Hall–Kier alpha value is -4.34. The largest absolute Gasteiger partial charge is 0.478 e. The van der Waals surface area contributed by atoms with Crippen LogP contribution < -0.4 is 11.1 Å². The Morgan fingerprint density at radius 2 is 1.86 bits per heavy atom. The first-order chi connectivity index (χ1) is 13.5. The minimum absolute atomic E-state index is 0.179. The lowest BCUT2D eigenvalue weighted by Gasteiger charge is -2.06. The van der Waals surface area contributed by atoms with E-state index in [1.165, 1.54) is 23.0 Å². The Kier molecular flexibility index (Phi) is 4.13. The summed E-state index contributed by atoms with van der Waals surface area (Å²) in [5.74, 6) is -1.27. The summed E-state index contributed by atoms with van der Waals surface area (Å²) in [5, 5.41) is 20.1. The molecule has 0 aliphatic carbocycles. The Labute approximate surface area is 157 Å². The topological polar surface area (TPSA) is 149 Å². The lowest BCUT2D eigenvalue weighted by molar-refractivity contribution is 0.0696. The fourth-order valence-corrected chi connectivity index (χ4v) is 2.58. The van der Waals surface area contributed by atoms with Crippen LogP contribution in [0.15, 0.2) is 54.7 Å². The van der Waals surface area contributed by atoms with Gasteiger partial charge in [0.2, 0.25) is 11.9 Å². The van der Waals surface area contributed by atoms with Gasteiger partial charge in [-0.15, -0.1) is 5.10 Å². The van der Waals surface area contributed by atoms with Crippen LogP contribution in [0.25, 0.3) is 16.9 Å². The molecule has 4 aromatic rings. The Morgan fingerprint density at radius 1 is 1.07 bits per heavy atom. The lowest BCUT2D eigenvalue weighted by Crippen LogP contribution is -2.11. The number of nitrogens with zero attached hydrogens (tertiary/aromatic N) is 5. The fourth-order valence-electron chi connectivity index (χ4n) is 2.58. The second-order valence-electron chi connectivity index (χ2n) is 5.83. The number of benzene rings is 2. The fraction of sp³-hybridized carbons (Fsp3) is 0. The van der Waals surface area contributed by atoms with Crippen LogP contribution in [0.3, 0.4) is 0 Å². The molecule has 0 bridgehead atoms. The molecule has 2 aromatic carbocycles. The van der Waals surface area contributed by atoms with Gasteiger partial charge >= 0.3 is 5.97 Å². The predicted molar refractivity (Wildman–Crippen MR) is 99.7 cm³/mol. The van der Waals surface area contributed by atoms with E-state index in [-0.39, 0.29) is 11.5 Å². The van der Waals surface area contributed by atoms with Crippen molar-refractivity contribution < 1.29 is 14.7 Å². The third kappa shape index (κ3) is 3.21. The summed E-state index contributed by atoms with van der Waals surface area (Å²) in [4.78, 5) is 31.0. The van der Waals surface area contributed by atoms with Gasteiger partial charge in [0.15, 0.2) is 11.2 Å². The number of aromatic nitrogens is 5. The van der Waals surface area contributed by atoms with Gasteiger partial charge in [-0.1, -0.05) is 11.3 Å². The third-order valence-corrected chi connectivity index (χ3v) is 3.96. The standard InChI is InChI=1S/C18H13N7O3/c19-15(26)11-2-1-3-13(8-11)25-16-14(23-24-25)9-20-18(22-16)21-12-6-4-10(5-7-12)17(27)28/h1-9H,(H2,19,26)(H,27,28)(H,20,21,22). The summed E-state index contributed by atoms with van der Waals surface area (Å²) in [6.45, 7) is 0. The van der Waals surface area contributed by atoms with Crippen molar-refractivity contribution in [1.29, 1.82) is 0 Å². The maximum absolute atomic E-state index is 11.4. The van der Waals surface area contributed by atoms with Crippen molar-refractivity contribution in [2.45, 2.75) is 0 Å². The molecule has 0 saturated carbocycles. The molecular weight excluding hydrogens is 362 g/mol. The monoisotopic (exact) mass is 375 g/mol. The molecular formula is C18H13N7O3. The highest BCUT2D eigenvalue weighted by Crippen LogP contribution is 2.19. The molecule has 28 heavy (non-hydrogen) atoms. The van der Waals surface area contributed by atoms with E-state index in [1.54, 1.807) is 36.4 Å². The van der Waals surface area contributed by atoms with Gasteiger partial charge in [0, 0.05) is 11.3 Å². The van der Waals surface area contributed by atoms with Crippen molar-refractivity contribution in [3.05, 3.63) is 65.9 Å². The van der Waals surface area contributed by atoms with Crippen LogP contribution in [0.5, 0.6) is 0 Å². The van der Waals surface area contributed by atoms with Gasteiger partial charge in [0.05, 0.1) is 17.4 Å². The van der Waals surface area contributed by atoms with E-state index in [4.69, 9.17) is 10.8 Å². The van der Waals surface area contributed by atoms with Crippen molar-refractivity contribution in [2.75, 3.05) is 5.32 Å². The zero-order chi connectivity index (χ0) is 19.7. The number of nitrogens with one attached hydrogen (secondary N) is 1. The molecule has 4 N–H and O–H groups in total. The molecule has 0 radical (unpaired) electrons. The maximum atomic E-state index is 11.4. The van der Waals surface area contributed by atoms with Crippen LogP contribution in [0, 0.1) is 0 Å². The number of carbonyl (C=O) groups is 2. The summed E-state index contributed by atoms with van der Waals surface area (Å²) >= 11 is 0. The highest BCUT2D eigenvalue weighted by molar-refractivity contribution is 5.93. The number of carboxylic acid groups (broad SMARTS) is 1. The van der Waals surface area contributed by atoms with Gasteiger partial charge in [-0.3, -0.25) is 4.79 Å². The van der Waals surface area contributed by atoms with E-state index in [0.29, 0.717) is 28.1 Å². The second kappa shape index (κ2) is 6.76. The van der Waals surface area contributed by atoms with Crippen LogP contribution in [-0.4, -0.2) is 41.9 Å². The lowest BCUT2D eigenvalue weighted by atomic mass is 10.2. The number of rotatable bonds is 5. The Balaban J connectivity index is 1.69. The van der Waals surface area contributed by atoms with E-state index >= 15 is 0 Å². The van der Waals surface area contributed by atoms with Gasteiger partial charge in [-0.25, -0.2) is 9.78 Å². The quantitative estimate of drug-likeness (QED) is 0.477. The molecule has 138 valence electrons. The van der Waals surface area contributed by atoms with Crippen molar-refractivity contribution in [2.24, 2.45) is 5.73 Å². The molecule has 2 heterocycles. The maximum Gasteiger partial charge on any atom is 0.335 e. The molecule has 10 heteroatoms. The number of amides is 1. The Bertz CT molecular complexity index is 1200. The second-order valence-corrected chi connectivity index (χ2v) is 5.83. The third-order valence-electron chi connectivity index (χ3n) is 3.96. The smallest absolute Gasteiger partial charge is 0.335 e. The zero-order valence-corrected chi connectivity index (χ0v) is 14.3. The SMILES string of the molecule is NC(=O)c1cccc(-n2nnc3cnc(Nc4ccc(C(=O)O)cc4)nc32)c1. The molecule has 0 spiro atoms. The predicted octanol–water partition coefficient (Wildman–Crippen LogP) is 1.75. The van der Waals surface area contributed by atoms with Gasteiger partial charge in [-0.2, -0.15) is 9.67 Å². The number of carbonyl (C=O) groups excluding carboxylic acids is 1. The molecule has 1 amide bonds. The average Bonchev–Trinajstić information content (AvgIpc) is 3.12.